The number of pyridine rings is 1. The summed E-state index contributed by atoms with van der Waals surface area (Å²) in [6.45, 7) is 1.40. The van der Waals surface area contributed by atoms with Gasteiger partial charge in [0.25, 0.3) is 0 Å². The molecule has 0 N–H and O–H groups in total. The number of aromatic nitrogens is 3. The van der Waals surface area contributed by atoms with E-state index in [-0.39, 0.29) is 0 Å². The number of rotatable bonds is 6. The molecule has 3 rings (SSSR count). The summed E-state index contributed by atoms with van der Waals surface area (Å²) >= 11 is 6.30. The highest BCUT2D eigenvalue weighted by atomic mass is 35.5. The van der Waals surface area contributed by atoms with E-state index < -0.39 is 0 Å². The molecule has 0 fully saturated rings. The minimum Gasteiger partial charge on any atom is -0.385 e. The van der Waals surface area contributed by atoms with Crippen molar-refractivity contribution in [2.45, 2.75) is 19.4 Å². The Labute approximate surface area is 134 Å². The van der Waals surface area contributed by atoms with Gasteiger partial charge in [-0.2, -0.15) is 0 Å². The van der Waals surface area contributed by atoms with Crippen molar-refractivity contribution in [2.75, 3.05) is 13.7 Å². The second-order valence-electron chi connectivity index (χ2n) is 5.15. The molecule has 0 saturated heterocycles. The number of hydrogen-bond acceptors (Lipinski definition) is 3. The maximum absolute atomic E-state index is 6.30. The Kier molecular flexibility index (Phi) is 4.71. The normalized spacial score (nSPS) is 11.2. The van der Waals surface area contributed by atoms with Gasteiger partial charge in [-0.3, -0.25) is 0 Å². The molecule has 22 heavy (non-hydrogen) atoms. The van der Waals surface area contributed by atoms with Crippen molar-refractivity contribution in [1.82, 2.24) is 14.5 Å². The van der Waals surface area contributed by atoms with E-state index in [0.29, 0.717) is 6.54 Å². The van der Waals surface area contributed by atoms with Gasteiger partial charge in [0.1, 0.15) is 11.3 Å². The highest BCUT2D eigenvalue weighted by Crippen LogP contribution is 2.21. The third-order valence-corrected chi connectivity index (χ3v) is 3.99. The highest BCUT2D eigenvalue weighted by Gasteiger charge is 2.12. The molecule has 2 heterocycles. The van der Waals surface area contributed by atoms with E-state index in [1.54, 1.807) is 13.3 Å². The third-order valence-electron chi connectivity index (χ3n) is 3.62. The van der Waals surface area contributed by atoms with E-state index in [1.807, 2.05) is 36.4 Å². The van der Waals surface area contributed by atoms with Crippen LogP contribution in [0, 0.1) is 0 Å². The van der Waals surface area contributed by atoms with Crippen molar-refractivity contribution in [1.29, 1.82) is 0 Å². The van der Waals surface area contributed by atoms with Gasteiger partial charge in [0.05, 0.1) is 6.54 Å². The van der Waals surface area contributed by atoms with Gasteiger partial charge in [-0.05, 0) is 30.2 Å². The fourth-order valence-corrected chi connectivity index (χ4v) is 2.73. The van der Waals surface area contributed by atoms with Gasteiger partial charge in [-0.25, -0.2) is 9.97 Å². The standard InChI is InChI=1S/C17H18ClN3O/c1-22-11-5-9-16-20-15-8-4-10-19-17(15)21(16)12-13-6-2-3-7-14(13)18/h2-4,6-8,10H,5,9,11-12H2,1H3. The second kappa shape index (κ2) is 6.90. The zero-order chi connectivity index (χ0) is 15.4. The second-order valence-corrected chi connectivity index (χ2v) is 5.56. The number of benzene rings is 1. The van der Waals surface area contributed by atoms with Gasteiger partial charge >= 0.3 is 0 Å². The molecule has 5 heteroatoms. The van der Waals surface area contributed by atoms with Crippen molar-refractivity contribution in [3.05, 3.63) is 59.0 Å². The van der Waals surface area contributed by atoms with Crippen molar-refractivity contribution in [3.63, 3.8) is 0 Å². The fraction of sp³-hybridized carbons (Fsp3) is 0.294. The topological polar surface area (TPSA) is 39.9 Å². The summed E-state index contributed by atoms with van der Waals surface area (Å²) < 4.78 is 7.29. The molecule has 0 aliphatic heterocycles. The van der Waals surface area contributed by atoms with E-state index in [2.05, 4.69) is 9.55 Å². The summed E-state index contributed by atoms with van der Waals surface area (Å²) in [5, 5.41) is 0.767. The number of nitrogens with zero attached hydrogens (tertiary/aromatic N) is 3. The minimum atomic E-state index is 0.676. The lowest BCUT2D eigenvalue weighted by Crippen LogP contribution is -2.07. The number of ether oxygens (including phenoxy) is 1. The largest absolute Gasteiger partial charge is 0.385 e. The Bertz CT molecular complexity index is 769. The Morgan fingerprint density at radius 3 is 2.86 bits per heavy atom. The maximum atomic E-state index is 6.30. The molecule has 3 aromatic rings. The van der Waals surface area contributed by atoms with E-state index in [4.69, 9.17) is 21.3 Å². The predicted molar refractivity (Wildman–Crippen MR) is 88.3 cm³/mol. The Morgan fingerprint density at radius 1 is 1.18 bits per heavy atom. The lowest BCUT2D eigenvalue weighted by Gasteiger charge is -2.10. The molecule has 0 radical (unpaired) electrons. The molecule has 0 bridgehead atoms. The smallest absolute Gasteiger partial charge is 0.160 e. The molecule has 0 atom stereocenters. The van der Waals surface area contributed by atoms with E-state index >= 15 is 0 Å². The summed E-state index contributed by atoms with van der Waals surface area (Å²) in [7, 11) is 1.72. The zero-order valence-electron chi connectivity index (χ0n) is 12.5. The van der Waals surface area contributed by atoms with Crippen molar-refractivity contribution in [2.24, 2.45) is 0 Å². The highest BCUT2D eigenvalue weighted by molar-refractivity contribution is 6.31. The summed E-state index contributed by atoms with van der Waals surface area (Å²) in [6.07, 6.45) is 3.59. The predicted octanol–water partition coefficient (Wildman–Crippen LogP) is 3.71. The molecule has 4 nitrogen and oxygen atoms in total. The minimum absolute atomic E-state index is 0.676. The maximum Gasteiger partial charge on any atom is 0.160 e. The first-order valence-corrected chi connectivity index (χ1v) is 7.70. The van der Waals surface area contributed by atoms with Crippen LogP contribution in [0.2, 0.25) is 5.02 Å². The van der Waals surface area contributed by atoms with Crippen LogP contribution >= 0.6 is 11.6 Å². The summed E-state index contributed by atoms with van der Waals surface area (Å²) in [4.78, 5) is 9.19. The SMILES string of the molecule is COCCCc1nc2cccnc2n1Cc1ccccc1Cl. The molecule has 1 aromatic carbocycles. The molecular weight excluding hydrogens is 298 g/mol. The summed E-state index contributed by atoms with van der Waals surface area (Å²) in [5.41, 5.74) is 2.89. The molecule has 114 valence electrons. The van der Waals surface area contributed by atoms with Gasteiger partial charge in [0.15, 0.2) is 5.65 Å². The average Bonchev–Trinajstić information content (AvgIpc) is 2.88. The van der Waals surface area contributed by atoms with Crippen LogP contribution in [0.4, 0.5) is 0 Å². The molecule has 0 spiro atoms. The lowest BCUT2D eigenvalue weighted by atomic mass is 10.2. The van der Waals surface area contributed by atoms with Crippen LogP contribution in [-0.4, -0.2) is 28.3 Å². The van der Waals surface area contributed by atoms with Crippen molar-refractivity contribution < 1.29 is 4.74 Å². The quantitative estimate of drug-likeness (QED) is 0.651. The number of methoxy groups -OCH3 is 1. The van der Waals surface area contributed by atoms with Gasteiger partial charge in [-0.15, -0.1) is 0 Å². The van der Waals surface area contributed by atoms with Crippen LogP contribution < -0.4 is 0 Å². The third kappa shape index (κ3) is 3.13. The van der Waals surface area contributed by atoms with E-state index in [9.17, 15) is 0 Å². The molecule has 0 saturated carbocycles. The summed E-state index contributed by atoms with van der Waals surface area (Å²) in [6, 6.07) is 11.8. The van der Waals surface area contributed by atoms with Gasteiger partial charge in [0, 0.05) is 31.4 Å². The van der Waals surface area contributed by atoms with E-state index in [0.717, 1.165) is 47.0 Å². The van der Waals surface area contributed by atoms with Crippen LogP contribution in [0.25, 0.3) is 11.2 Å². The zero-order valence-corrected chi connectivity index (χ0v) is 13.3. The number of hydrogen-bond donors (Lipinski definition) is 0. The monoisotopic (exact) mass is 315 g/mol. The average molecular weight is 316 g/mol. The van der Waals surface area contributed by atoms with Crippen molar-refractivity contribution in [3.8, 4) is 0 Å². The number of imidazole rings is 1. The van der Waals surface area contributed by atoms with Crippen LogP contribution in [0.1, 0.15) is 17.8 Å². The molecule has 2 aromatic heterocycles. The van der Waals surface area contributed by atoms with Gasteiger partial charge in [-0.1, -0.05) is 29.8 Å². The van der Waals surface area contributed by atoms with Crippen LogP contribution in [0.15, 0.2) is 42.6 Å². The number of fused-ring (bicyclic) bond motifs is 1. The van der Waals surface area contributed by atoms with E-state index in [1.165, 1.54) is 0 Å². The number of aryl methyl sites for hydroxylation is 1. The van der Waals surface area contributed by atoms with Crippen LogP contribution in [0.3, 0.4) is 0 Å². The molecule has 0 unspecified atom stereocenters. The fourth-order valence-electron chi connectivity index (χ4n) is 2.53. The Balaban J connectivity index is 1.98. The summed E-state index contributed by atoms with van der Waals surface area (Å²) in [5.74, 6) is 1.02. The van der Waals surface area contributed by atoms with Crippen LogP contribution in [0.5, 0.6) is 0 Å². The Hall–Kier alpha value is -1.91. The van der Waals surface area contributed by atoms with Gasteiger partial charge in [0.2, 0.25) is 0 Å². The number of halogens is 1. The lowest BCUT2D eigenvalue weighted by molar-refractivity contribution is 0.194. The van der Waals surface area contributed by atoms with Crippen molar-refractivity contribution >= 4 is 22.8 Å². The first-order valence-electron chi connectivity index (χ1n) is 7.32. The first kappa shape index (κ1) is 15.0. The van der Waals surface area contributed by atoms with Crippen LogP contribution in [-0.2, 0) is 17.7 Å². The molecule has 0 amide bonds. The molecule has 0 aliphatic rings. The van der Waals surface area contributed by atoms with Gasteiger partial charge < -0.3 is 9.30 Å². The molecular formula is C17H18ClN3O. The first-order chi connectivity index (χ1) is 10.8. The Morgan fingerprint density at radius 2 is 2.05 bits per heavy atom. The molecule has 0 aliphatic carbocycles.